The highest BCUT2D eigenvalue weighted by Gasteiger charge is 2.48. The van der Waals surface area contributed by atoms with Crippen LogP contribution in [-0.2, 0) is 16.6 Å². The molecular weight excluding hydrogens is 267 g/mol. The molecule has 4 nitrogen and oxygen atoms in total. The van der Waals surface area contributed by atoms with Gasteiger partial charge in [-0.05, 0) is 36.6 Å². The van der Waals surface area contributed by atoms with Crippen LogP contribution in [0.2, 0.25) is 0 Å². The van der Waals surface area contributed by atoms with E-state index in [1.54, 1.807) is 13.1 Å². The van der Waals surface area contributed by atoms with Crippen molar-refractivity contribution in [3.05, 3.63) is 29.6 Å². The van der Waals surface area contributed by atoms with E-state index < -0.39 is 15.8 Å². The predicted molar refractivity (Wildman–Crippen MR) is 71.7 cm³/mol. The summed E-state index contributed by atoms with van der Waals surface area (Å²) in [5.41, 5.74) is 0.681. The van der Waals surface area contributed by atoms with Gasteiger partial charge in [0.15, 0.2) is 0 Å². The van der Waals surface area contributed by atoms with E-state index in [0.29, 0.717) is 12.1 Å². The number of hydrogen-bond acceptors (Lipinski definition) is 3. The summed E-state index contributed by atoms with van der Waals surface area (Å²) in [5.74, 6) is -0.710. The maximum Gasteiger partial charge on any atom is 0.243 e. The lowest BCUT2D eigenvalue weighted by atomic mass is 10.2. The molecule has 19 heavy (non-hydrogen) atoms. The summed E-state index contributed by atoms with van der Waals surface area (Å²) in [4.78, 5) is -0.282. The first-order chi connectivity index (χ1) is 8.76. The number of nitrogens with one attached hydrogen (secondary N) is 2. The molecule has 1 aromatic carbocycles. The van der Waals surface area contributed by atoms with Gasteiger partial charge in [0.05, 0.1) is 0 Å². The zero-order valence-electron chi connectivity index (χ0n) is 11.3. The van der Waals surface area contributed by atoms with Crippen LogP contribution in [0.15, 0.2) is 23.1 Å². The molecular formula is C13H19FN2O2S. The third-order valence-corrected chi connectivity index (χ3v) is 4.98. The van der Waals surface area contributed by atoms with Crippen molar-refractivity contribution in [2.45, 2.75) is 37.8 Å². The topological polar surface area (TPSA) is 58.2 Å². The van der Waals surface area contributed by atoms with E-state index >= 15 is 0 Å². The van der Waals surface area contributed by atoms with Crippen molar-refractivity contribution in [2.75, 3.05) is 7.05 Å². The Hall–Kier alpha value is -0.980. The minimum absolute atomic E-state index is 0.0321. The third kappa shape index (κ3) is 3.13. The molecule has 0 radical (unpaired) electrons. The van der Waals surface area contributed by atoms with E-state index in [4.69, 9.17) is 0 Å². The van der Waals surface area contributed by atoms with Gasteiger partial charge in [0.2, 0.25) is 10.0 Å². The predicted octanol–water partition coefficient (Wildman–Crippen LogP) is 1.62. The van der Waals surface area contributed by atoms with Gasteiger partial charge in [-0.25, -0.2) is 17.5 Å². The van der Waals surface area contributed by atoms with Gasteiger partial charge in [-0.1, -0.05) is 19.9 Å². The second-order valence-corrected chi connectivity index (χ2v) is 7.34. The lowest BCUT2D eigenvalue weighted by Crippen LogP contribution is -2.29. The van der Waals surface area contributed by atoms with Gasteiger partial charge in [0.1, 0.15) is 10.7 Å². The summed E-state index contributed by atoms with van der Waals surface area (Å²) >= 11 is 0. The molecule has 1 saturated carbocycles. The Morgan fingerprint density at radius 3 is 2.53 bits per heavy atom. The summed E-state index contributed by atoms with van der Waals surface area (Å²) in [5, 5.41) is 2.89. The quantitative estimate of drug-likeness (QED) is 0.865. The number of hydrogen-bond donors (Lipinski definition) is 2. The molecule has 0 heterocycles. The van der Waals surface area contributed by atoms with Crippen LogP contribution in [0.3, 0.4) is 0 Å². The average Bonchev–Trinajstić information content (AvgIpc) is 2.84. The van der Waals surface area contributed by atoms with E-state index in [1.165, 1.54) is 12.1 Å². The van der Waals surface area contributed by atoms with Crippen molar-refractivity contribution in [1.82, 2.24) is 10.0 Å². The molecule has 1 atom stereocenters. The molecule has 0 aromatic heterocycles. The van der Waals surface area contributed by atoms with E-state index in [-0.39, 0.29) is 16.4 Å². The molecule has 1 aromatic rings. The molecule has 0 saturated heterocycles. The number of halogens is 1. The molecule has 0 bridgehead atoms. The van der Waals surface area contributed by atoms with Crippen molar-refractivity contribution in [3.8, 4) is 0 Å². The fraction of sp³-hybridized carbons (Fsp3) is 0.538. The molecule has 0 spiro atoms. The molecule has 1 fully saturated rings. The van der Waals surface area contributed by atoms with Gasteiger partial charge in [-0.15, -0.1) is 0 Å². The molecule has 6 heteroatoms. The van der Waals surface area contributed by atoms with E-state index in [0.717, 1.165) is 6.42 Å². The van der Waals surface area contributed by atoms with E-state index in [9.17, 15) is 12.8 Å². The van der Waals surface area contributed by atoms with Gasteiger partial charge in [0.25, 0.3) is 0 Å². The maximum atomic E-state index is 13.9. The van der Waals surface area contributed by atoms with Gasteiger partial charge in [-0.2, -0.15) is 0 Å². The summed E-state index contributed by atoms with van der Waals surface area (Å²) in [6.45, 7) is 4.46. The number of benzene rings is 1. The Morgan fingerprint density at radius 2 is 2.05 bits per heavy atom. The van der Waals surface area contributed by atoms with Crippen molar-refractivity contribution in [1.29, 1.82) is 0 Å². The highest BCUT2D eigenvalue weighted by molar-refractivity contribution is 7.89. The fourth-order valence-corrected chi connectivity index (χ4v) is 3.46. The zero-order valence-corrected chi connectivity index (χ0v) is 12.1. The van der Waals surface area contributed by atoms with Crippen LogP contribution in [-0.4, -0.2) is 21.5 Å². The minimum atomic E-state index is -3.78. The molecule has 0 aliphatic heterocycles. The van der Waals surface area contributed by atoms with Crippen LogP contribution < -0.4 is 10.0 Å². The van der Waals surface area contributed by atoms with Gasteiger partial charge < -0.3 is 5.32 Å². The molecule has 2 N–H and O–H groups in total. The van der Waals surface area contributed by atoms with Gasteiger partial charge in [0, 0.05) is 12.6 Å². The Morgan fingerprint density at radius 1 is 1.42 bits per heavy atom. The van der Waals surface area contributed by atoms with Crippen molar-refractivity contribution in [2.24, 2.45) is 5.41 Å². The molecule has 106 valence electrons. The third-order valence-electron chi connectivity index (χ3n) is 3.48. The summed E-state index contributed by atoms with van der Waals surface area (Å²) in [7, 11) is -2.03. The standard InChI is InChI=1S/C13H19FN2O2S/c1-13(2)7-12(13)16-19(17,18)11-5-4-9(8-15-3)6-10(11)14/h4-6,12,15-16H,7-8H2,1-3H3. The average molecular weight is 286 g/mol. The SMILES string of the molecule is CNCc1ccc(S(=O)(=O)NC2CC2(C)C)c(F)c1. The van der Waals surface area contributed by atoms with E-state index in [2.05, 4.69) is 10.0 Å². The lowest BCUT2D eigenvalue weighted by Gasteiger charge is -2.10. The summed E-state index contributed by atoms with van der Waals surface area (Å²) < 4.78 is 40.6. The molecule has 1 aliphatic rings. The summed E-state index contributed by atoms with van der Waals surface area (Å²) in [6.07, 6.45) is 0.783. The smallest absolute Gasteiger partial charge is 0.243 e. The fourth-order valence-electron chi connectivity index (χ4n) is 2.00. The molecule has 0 amide bonds. The second kappa shape index (κ2) is 4.85. The number of sulfonamides is 1. The highest BCUT2D eigenvalue weighted by Crippen LogP contribution is 2.45. The normalized spacial score (nSPS) is 21.4. The van der Waals surface area contributed by atoms with Crippen LogP contribution in [0.4, 0.5) is 4.39 Å². The van der Waals surface area contributed by atoms with Crippen LogP contribution >= 0.6 is 0 Å². The largest absolute Gasteiger partial charge is 0.316 e. The van der Waals surface area contributed by atoms with E-state index in [1.807, 2.05) is 13.8 Å². The van der Waals surface area contributed by atoms with Gasteiger partial charge in [-0.3, -0.25) is 0 Å². The number of rotatable bonds is 5. The van der Waals surface area contributed by atoms with Crippen LogP contribution in [0.5, 0.6) is 0 Å². The van der Waals surface area contributed by atoms with Gasteiger partial charge >= 0.3 is 0 Å². The van der Waals surface area contributed by atoms with Crippen molar-refractivity contribution in [3.63, 3.8) is 0 Å². The second-order valence-electron chi connectivity index (χ2n) is 5.66. The Balaban J connectivity index is 2.21. The zero-order chi connectivity index (χ0) is 14.3. The lowest BCUT2D eigenvalue weighted by molar-refractivity contribution is 0.540. The first-order valence-corrected chi connectivity index (χ1v) is 7.70. The highest BCUT2D eigenvalue weighted by atomic mass is 32.2. The Bertz CT molecular complexity index is 584. The first kappa shape index (κ1) is 14.4. The Labute approximate surface area is 113 Å². The van der Waals surface area contributed by atoms with Crippen molar-refractivity contribution < 1.29 is 12.8 Å². The van der Waals surface area contributed by atoms with Crippen molar-refractivity contribution >= 4 is 10.0 Å². The molecule has 1 aliphatic carbocycles. The van der Waals surface area contributed by atoms with Crippen LogP contribution in [0.1, 0.15) is 25.8 Å². The Kier molecular flexibility index (Phi) is 3.68. The molecule has 2 rings (SSSR count). The summed E-state index contributed by atoms with van der Waals surface area (Å²) in [6, 6.07) is 4.09. The maximum absolute atomic E-state index is 13.9. The first-order valence-electron chi connectivity index (χ1n) is 6.21. The van der Waals surface area contributed by atoms with Crippen LogP contribution in [0, 0.1) is 11.2 Å². The van der Waals surface area contributed by atoms with Crippen LogP contribution in [0.25, 0.3) is 0 Å². The molecule has 1 unspecified atom stereocenters. The minimum Gasteiger partial charge on any atom is -0.316 e. The monoisotopic (exact) mass is 286 g/mol.